The molecule has 2 unspecified atom stereocenters. The van der Waals surface area contributed by atoms with E-state index in [1.165, 1.54) is 12.2 Å². The number of aliphatic hydroxyl groups is 1. The van der Waals surface area contributed by atoms with E-state index >= 15 is 8.78 Å². The predicted octanol–water partition coefficient (Wildman–Crippen LogP) is 7.58. The Morgan fingerprint density at radius 3 is 2.15 bits per heavy atom. The largest absolute Gasteiger partial charge is 0.461 e. The van der Waals surface area contributed by atoms with Crippen LogP contribution in [0.2, 0.25) is 0 Å². The van der Waals surface area contributed by atoms with Crippen molar-refractivity contribution in [3.63, 3.8) is 0 Å². The van der Waals surface area contributed by atoms with Gasteiger partial charge >= 0.3 is 5.97 Å². The van der Waals surface area contributed by atoms with Crippen LogP contribution in [0.1, 0.15) is 94.1 Å². The van der Waals surface area contributed by atoms with Crippen molar-refractivity contribution in [3.8, 4) is 0 Å². The molecular weight excluding hydrogens is 505 g/mol. The molecule has 3 aliphatic rings. The van der Waals surface area contributed by atoms with Gasteiger partial charge in [0.15, 0.2) is 11.6 Å². The van der Waals surface area contributed by atoms with Crippen LogP contribution in [0.25, 0.3) is 0 Å². The first-order valence-electron chi connectivity index (χ1n) is 14.5. The van der Waals surface area contributed by atoms with Gasteiger partial charge in [-0.3, -0.25) is 4.79 Å². The highest BCUT2D eigenvalue weighted by Crippen LogP contribution is 2.42. The maximum atomic E-state index is 15.2. The molecule has 2 atom stereocenters. The van der Waals surface area contributed by atoms with Crippen LogP contribution in [0.3, 0.4) is 0 Å². The minimum absolute atomic E-state index is 0.0249. The molecule has 1 heterocycles. The Morgan fingerprint density at radius 2 is 1.64 bits per heavy atom. The van der Waals surface area contributed by atoms with Gasteiger partial charge in [-0.2, -0.15) is 0 Å². The van der Waals surface area contributed by atoms with Gasteiger partial charge in [-0.15, -0.1) is 0 Å². The first kappa shape index (κ1) is 29.6. The number of carbonyl (C=O) groups is 1. The molecule has 0 radical (unpaired) electrons. The Morgan fingerprint density at radius 1 is 1.08 bits per heavy atom. The number of esters is 1. The van der Waals surface area contributed by atoms with Crippen molar-refractivity contribution in [3.05, 3.63) is 71.1 Å². The third-order valence-corrected chi connectivity index (χ3v) is 8.72. The highest BCUT2D eigenvalue weighted by Gasteiger charge is 2.33. The second kappa shape index (κ2) is 13.8. The summed E-state index contributed by atoms with van der Waals surface area (Å²) in [4.78, 5) is 12.5. The number of rotatable bonds is 11. The van der Waals surface area contributed by atoms with E-state index in [-0.39, 0.29) is 42.5 Å². The highest BCUT2D eigenvalue weighted by atomic mass is 19.2. The van der Waals surface area contributed by atoms with Crippen LogP contribution >= 0.6 is 0 Å². The summed E-state index contributed by atoms with van der Waals surface area (Å²) in [5, 5.41) is 10.3. The lowest BCUT2D eigenvalue weighted by Crippen LogP contribution is -2.25. The normalized spacial score (nSPS) is 28.6. The number of aliphatic hydroxyl groups excluding tert-OH is 1. The van der Waals surface area contributed by atoms with Gasteiger partial charge in [0.05, 0.1) is 18.6 Å². The van der Waals surface area contributed by atoms with Crippen LogP contribution in [0.4, 0.5) is 13.2 Å². The van der Waals surface area contributed by atoms with E-state index < -0.39 is 23.4 Å². The summed E-state index contributed by atoms with van der Waals surface area (Å²) < 4.78 is 55.2. The zero-order valence-electron chi connectivity index (χ0n) is 22.8. The molecule has 39 heavy (non-hydrogen) atoms. The number of hydrogen-bond donors (Lipinski definition) is 1. The SMILES string of the molecule is C=C/C=C(\C(F)=C/COC(=O)C1CCC(c2ccc(C3CCC(C(O)CCC)CC3)c(F)c2F)CC1)C1CO1. The molecule has 2 aliphatic carbocycles. The average molecular weight is 547 g/mol. The van der Waals surface area contributed by atoms with Gasteiger partial charge in [-0.25, -0.2) is 13.2 Å². The average Bonchev–Trinajstić information content (AvgIpc) is 3.79. The van der Waals surface area contributed by atoms with Gasteiger partial charge in [-0.1, -0.05) is 44.2 Å². The molecule has 7 heteroatoms. The third kappa shape index (κ3) is 7.43. The smallest absolute Gasteiger partial charge is 0.309 e. The standard InChI is InChI=1S/C32H41F3O4/c1-3-5-26(29-19-39-29)27(33)17-18-38-32(37)23-13-9-21(10-14-23)25-16-15-24(30(34)31(25)35)20-7-11-22(12-8-20)28(36)6-4-2/h3,5,15-17,20-23,28-29,36H,1,4,6-14,18-19H2,2H3/b26-5+,27-17+. The van der Waals surface area contributed by atoms with Crippen molar-refractivity contribution in [2.45, 2.75) is 95.2 Å². The van der Waals surface area contributed by atoms with Gasteiger partial charge in [-0.05, 0) is 92.7 Å². The minimum atomic E-state index is -0.768. The van der Waals surface area contributed by atoms with Crippen LogP contribution in [-0.4, -0.2) is 36.5 Å². The zero-order valence-corrected chi connectivity index (χ0v) is 22.8. The molecule has 2 saturated carbocycles. The fourth-order valence-electron chi connectivity index (χ4n) is 6.32. The van der Waals surface area contributed by atoms with Crippen molar-refractivity contribution in [2.75, 3.05) is 13.2 Å². The maximum absolute atomic E-state index is 15.2. The number of halogens is 3. The Bertz CT molecular complexity index is 1060. The predicted molar refractivity (Wildman–Crippen MR) is 145 cm³/mol. The lowest BCUT2D eigenvalue weighted by Gasteiger charge is -2.32. The van der Waals surface area contributed by atoms with E-state index in [1.807, 2.05) is 0 Å². The summed E-state index contributed by atoms with van der Waals surface area (Å²) in [5.74, 6) is -2.67. The summed E-state index contributed by atoms with van der Waals surface area (Å²) in [7, 11) is 0. The maximum Gasteiger partial charge on any atom is 0.309 e. The quantitative estimate of drug-likeness (QED) is 0.177. The summed E-state index contributed by atoms with van der Waals surface area (Å²) in [6.45, 7) is 5.92. The molecule has 3 fully saturated rings. The van der Waals surface area contributed by atoms with Crippen LogP contribution in [0.15, 0.2) is 48.3 Å². The molecule has 1 aromatic rings. The second-order valence-electron chi connectivity index (χ2n) is 11.3. The molecule has 1 saturated heterocycles. The number of allylic oxidation sites excluding steroid dienone is 2. The summed E-state index contributed by atoms with van der Waals surface area (Å²) >= 11 is 0. The van der Waals surface area contributed by atoms with E-state index in [1.54, 1.807) is 18.2 Å². The molecule has 4 rings (SSSR count). The fraction of sp³-hybridized carbons (Fsp3) is 0.594. The first-order valence-corrected chi connectivity index (χ1v) is 14.5. The molecule has 1 N–H and O–H groups in total. The zero-order chi connectivity index (χ0) is 27.9. The molecule has 4 nitrogen and oxygen atoms in total. The van der Waals surface area contributed by atoms with E-state index in [2.05, 4.69) is 13.5 Å². The monoisotopic (exact) mass is 546 g/mol. The summed E-state index contributed by atoms with van der Waals surface area (Å²) in [6, 6.07) is 3.46. The molecule has 1 aromatic carbocycles. The van der Waals surface area contributed by atoms with E-state index in [0.717, 1.165) is 38.5 Å². The van der Waals surface area contributed by atoms with Crippen molar-refractivity contribution >= 4 is 5.97 Å². The van der Waals surface area contributed by atoms with Crippen LogP contribution in [0, 0.1) is 23.5 Å². The Hall–Kier alpha value is -2.38. The number of epoxide rings is 1. The number of carbonyl (C=O) groups excluding carboxylic acids is 1. The molecular formula is C32H41F3O4. The van der Waals surface area contributed by atoms with Crippen molar-refractivity contribution < 1.29 is 32.5 Å². The van der Waals surface area contributed by atoms with Crippen LogP contribution < -0.4 is 0 Å². The number of benzene rings is 1. The number of hydrogen-bond acceptors (Lipinski definition) is 4. The van der Waals surface area contributed by atoms with Crippen LogP contribution in [-0.2, 0) is 14.3 Å². The van der Waals surface area contributed by atoms with Gasteiger partial charge in [0, 0.05) is 5.57 Å². The lowest BCUT2D eigenvalue weighted by molar-refractivity contribution is -0.148. The molecule has 0 spiro atoms. The fourth-order valence-corrected chi connectivity index (χ4v) is 6.32. The lowest BCUT2D eigenvalue weighted by atomic mass is 9.74. The van der Waals surface area contributed by atoms with Crippen LogP contribution in [0.5, 0.6) is 0 Å². The third-order valence-electron chi connectivity index (χ3n) is 8.72. The van der Waals surface area contributed by atoms with Crippen molar-refractivity contribution in [1.29, 1.82) is 0 Å². The van der Waals surface area contributed by atoms with Gasteiger partial charge in [0.2, 0.25) is 0 Å². The first-order chi connectivity index (χ1) is 18.8. The summed E-state index contributed by atoms with van der Waals surface area (Å²) in [6.07, 6.45) is 10.7. The Labute approximate surface area is 230 Å². The molecule has 0 amide bonds. The molecule has 1 aliphatic heterocycles. The molecule has 0 bridgehead atoms. The van der Waals surface area contributed by atoms with Gasteiger partial charge < -0.3 is 14.6 Å². The molecule has 0 aromatic heterocycles. The molecule has 214 valence electrons. The topological polar surface area (TPSA) is 59.1 Å². The summed E-state index contributed by atoms with van der Waals surface area (Å²) in [5.41, 5.74) is 1.21. The second-order valence-corrected chi connectivity index (χ2v) is 11.3. The van der Waals surface area contributed by atoms with E-state index in [0.29, 0.717) is 49.0 Å². The van der Waals surface area contributed by atoms with Crippen molar-refractivity contribution in [1.82, 2.24) is 0 Å². The highest BCUT2D eigenvalue weighted by molar-refractivity contribution is 5.72. The Kier molecular flexibility index (Phi) is 10.5. The van der Waals surface area contributed by atoms with E-state index in [9.17, 15) is 14.3 Å². The number of ether oxygens (including phenoxy) is 2. The Balaban J connectivity index is 1.27. The van der Waals surface area contributed by atoms with E-state index in [4.69, 9.17) is 9.47 Å². The van der Waals surface area contributed by atoms with Crippen molar-refractivity contribution in [2.24, 2.45) is 11.8 Å². The van der Waals surface area contributed by atoms with Gasteiger partial charge in [0.1, 0.15) is 18.5 Å². The minimum Gasteiger partial charge on any atom is -0.461 e. The van der Waals surface area contributed by atoms with Gasteiger partial charge in [0.25, 0.3) is 0 Å².